The number of aromatic nitrogens is 2. The molecule has 4 rings (SSSR count). The number of halogens is 5. The first kappa shape index (κ1) is 21.6. The summed E-state index contributed by atoms with van der Waals surface area (Å²) in [6.07, 6.45) is -4.93. The van der Waals surface area contributed by atoms with E-state index in [2.05, 4.69) is 10.4 Å². The molecular formula is C23H14ClF4N3O. The third kappa shape index (κ3) is 4.36. The van der Waals surface area contributed by atoms with Gasteiger partial charge in [0.25, 0.3) is 5.91 Å². The Labute approximate surface area is 185 Å². The van der Waals surface area contributed by atoms with Crippen LogP contribution in [-0.2, 0) is 6.18 Å². The molecule has 0 aliphatic carbocycles. The monoisotopic (exact) mass is 459 g/mol. The van der Waals surface area contributed by atoms with Crippen molar-refractivity contribution in [3.63, 3.8) is 0 Å². The maximum atomic E-state index is 13.6. The van der Waals surface area contributed by atoms with E-state index in [0.717, 1.165) is 11.6 Å². The number of hydrogen-bond donors (Lipinski definition) is 1. The van der Waals surface area contributed by atoms with Gasteiger partial charge in [0, 0.05) is 17.2 Å². The lowest BCUT2D eigenvalue weighted by Crippen LogP contribution is -2.17. The summed E-state index contributed by atoms with van der Waals surface area (Å²) >= 11 is 6.29. The van der Waals surface area contributed by atoms with E-state index in [1.54, 1.807) is 30.3 Å². The summed E-state index contributed by atoms with van der Waals surface area (Å²) in [6.45, 7) is 0. The third-order valence-electron chi connectivity index (χ3n) is 4.64. The Hall–Kier alpha value is -3.65. The van der Waals surface area contributed by atoms with E-state index in [4.69, 9.17) is 11.6 Å². The summed E-state index contributed by atoms with van der Waals surface area (Å²) in [5.41, 5.74) is -0.144. The molecule has 0 spiro atoms. The summed E-state index contributed by atoms with van der Waals surface area (Å²) in [5, 5.41) is 7.41. The SMILES string of the molecule is O=C(Nc1cc(-c2ccccc2)nn1-c1ccccc1Cl)c1ccc(F)c(C(F)(F)F)c1. The van der Waals surface area contributed by atoms with Gasteiger partial charge in [-0.15, -0.1) is 0 Å². The number of anilines is 1. The van der Waals surface area contributed by atoms with Crippen molar-refractivity contribution >= 4 is 23.3 Å². The number of nitrogens with one attached hydrogen (secondary N) is 1. The Bertz CT molecular complexity index is 1290. The summed E-state index contributed by atoms with van der Waals surface area (Å²) in [6, 6.07) is 19.5. The van der Waals surface area contributed by atoms with Crippen LogP contribution in [0.5, 0.6) is 0 Å². The Morgan fingerprint density at radius 1 is 0.938 bits per heavy atom. The molecule has 4 nitrogen and oxygen atoms in total. The van der Waals surface area contributed by atoms with Crippen LogP contribution in [0.25, 0.3) is 16.9 Å². The molecule has 162 valence electrons. The van der Waals surface area contributed by atoms with Crippen LogP contribution in [0, 0.1) is 5.82 Å². The number of hydrogen-bond acceptors (Lipinski definition) is 2. The standard InChI is InChI=1S/C23H14ClF4N3O/c24-17-8-4-5-9-20(17)31-21(13-19(30-31)14-6-2-1-3-7-14)29-22(32)15-10-11-18(25)16(12-15)23(26,27)28/h1-13H,(H,29,32). The zero-order valence-corrected chi connectivity index (χ0v) is 17.0. The fraction of sp³-hybridized carbons (Fsp3) is 0.0435. The van der Waals surface area contributed by atoms with E-state index < -0.39 is 23.5 Å². The van der Waals surface area contributed by atoms with Gasteiger partial charge in [-0.25, -0.2) is 9.07 Å². The number of carbonyl (C=O) groups excluding carboxylic acids is 1. The lowest BCUT2D eigenvalue weighted by Gasteiger charge is -2.12. The van der Waals surface area contributed by atoms with Gasteiger partial charge < -0.3 is 5.32 Å². The van der Waals surface area contributed by atoms with Crippen molar-refractivity contribution < 1.29 is 22.4 Å². The van der Waals surface area contributed by atoms with Gasteiger partial charge in [0.15, 0.2) is 0 Å². The van der Waals surface area contributed by atoms with Gasteiger partial charge in [-0.1, -0.05) is 54.1 Å². The normalized spacial score (nSPS) is 11.4. The van der Waals surface area contributed by atoms with Crippen molar-refractivity contribution in [3.8, 4) is 16.9 Å². The second kappa shape index (κ2) is 8.47. The number of alkyl halides is 3. The van der Waals surface area contributed by atoms with Gasteiger partial charge >= 0.3 is 6.18 Å². The molecule has 9 heteroatoms. The van der Waals surface area contributed by atoms with Crippen LogP contribution < -0.4 is 5.32 Å². The van der Waals surface area contributed by atoms with Crippen LogP contribution >= 0.6 is 11.6 Å². The van der Waals surface area contributed by atoms with E-state index in [-0.39, 0.29) is 11.4 Å². The molecule has 0 unspecified atom stereocenters. The number of rotatable bonds is 4. The van der Waals surface area contributed by atoms with Gasteiger partial charge in [-0.05, 0) is 30.3 Å². The molecular weight excluding hydrogens is 446 g/mol. The number of carbonyl (C=O) groups is 1. The molecule has 0 bridgehead atoms. The topological polar surface area (TPSA) is 46.9 Å². The van der Waals surface area contributed by atoms with Gasteiger partial charge in [0.2, 0.25) is 0 Å². The minimum absolute atomic E-state index is 0.180. The van der Waals surface area contributed by atoms with Crippen molar-refractivity contribution in [2.24, 2.45) is 0 Å². The van der Waals surface area contributed by atoms with E-state index in [9.17, 15) is 22.4 Å². The Morgan fingerprint density at radius 3 is 2.31 bits per heavy atom. The number of nitrogens with zero attached hydrogens (tertiary/aromatic N) is 2. The predicted octanol–water partition coefficient (Wildman–Crippen LogP) is 6.60. The third-order valence-corrected chi connectivity index (χ3v) is 4.95. The van der Waals surface area contributed by atoms with Crippen molar-refractivity contribution in [1.29, 1.82) is 0 Å². The van der Waals surface area contributed by atoms with E-state index in [0.29, 0.717) is 28.5 Å². The van der Waals surface area contributed by atoms with E-state index in [1.807, 2.05) is 30.3 Å². The average molecular weight is 460 g/mol. The first-order valence-corrected chi connectivity index (χ1v) is 9.70. The Morgan fingerprint density at radius 2 is 1.62 bits per heavy atom. The molecule has 1 amide bonds. The quantitative estimate of drug-likeness (QED) is 0.349. The average Bonchev–Trinajstić information content (AvgIpc) is 3.17. The molecule has 0 saturated carbocycles. The number of benzene rings is 3. The number of para-hydroxylation sites is 1. The van der Waals surface area contributed by atoms with Gasteiger partial charge in [-0.2, -0.15) is 18.3 Å². The molecule has 0 saturated heterocycles. The minimum atomic E-state index is -4.93. The molecule has 3 aromatic carbocycles. The first-order chi connectivity index (χ1) is 15.2. The summed E-state index contributed by atoms with van der Waals surface area (Å²) in [7, 11) is 0. The van der Waals surface area contributed by atoms with E-state index >= 15 is 0 Å². The van der Waals surface area contributed by atoms with Crippen LogP contribution in [-0.4, -0.2) is 15.7 Å². The minimum Gasteiger partial charge on any atom is -0.306 e. The smallest absolute Gasteiger partial charge is 0.306 e. The van der Waals surface area contributed by atoms with Crippen LogP contribution in [0.3, 0.4) is 0 Å². The summed E-state index contributed by atoms with van der Waals surface area (Å²) in [5.74, 6) is -2.13. The van der Waals surface area contributed by atoms with Gasteiger partial charge in [0.05, 0.1) is 22.0 Å². The van der Waals surface area contributed by atoms with Crippen LogP contribution in [0.2, 0.25) is 5.02 Å². The van der Waals surface area contributed by atoms with Crippen molar-refractivity contribution in [2.45, 2.75) is 6.18 Å². The second-order valence-corrected chi connectivity index (χ2v) is 7.20. The highest BCUT2D eigenvalue weighted by atomic mass is 35.5. The summed E-state index contributed by atoms with van der Waals surface area (Å²) in [4.78, 5) is 12.7. The highest BCUT2D eigenvalue weighted by molar-refractivity contribution is 6.32. The lowest BCUT2D eigenvalue weighted by molar-refractivity contribution is -0.140. The fourth-order valence-electron chi connectivity index (χ4n) is 3.10. The first-order valence-electron chi connectivity index (χ1n) is 9.32. The number of amides is 1. The highest BCUT2D eigenvalue weighted by Crippen LogP contribution is 2.32. The molecule has 0 atom stereocenters. The van der Waals surface area contributed by atoms with Gasteiger partial charge in [-0.3, -0.25) is 4.79 Å². The van der Waals surface area contributed by atoms with Crippen LogP contribution in [0.15, 0.2) is 78.9 Å². The maximum Gasteiger partial charge on any atom is 0.419 e. The fourth-order valence-corrected chi connectivity index (χ4v) is 3.32. The zero-order chi connectivity index (χ0) is 22.9. The van der Waals surface area contributed by atoms with Crippen molar-refractivity contribution in [3.05, 3.63) is 101 Å². The lowest BCUT2D eigenvalue weighted by atomic mass is 10.1. The highest BCUT2D eigenvalue weighted by Gasteiger charge is 2.34. The zero-order valence-electron chi connectivity index (χ0n) is 16.2. The molecule has 1 aromatic heterocycles. The van der Waals surface area contributed by atoms with Gasteiger partial charge in [0.1, 0.15) is 11.6 Å². The summed E-state index contributed by atoms with van der Waals surface area (Å²) < 4.78 is 54.1. The van der Waals surface area contributed by atoms with Crippen molar-refractivity contribution in [2.75, 3.05) is 5.32 Å². The largest absolute Gasteiger partial charge is 0.419 e. The molecule has 4 aromatic rings. The Balaban J connectivity index is 1.76. The molecule has 32 heavy (non-hydrogen) atoms. The van der Waals surface area contributed by atoms with Crippen LogP contribution in [0.4, 0.5) is 23.4 Å². The van der Waals surface area contributed by atoms with Crippen molar-refractivity contribution in [1.82, 2.24) is 9.78 Å². The van der Waals surface area contributed by atoms with Crippen LogP contribution in [0.1, 0.15) is 15.9 Å². The molecule has 0 aliphatic rings. The second-order valence-electron chi connectivity index (χ2n) is 6.79. The molecule has 1 N–H and O–H groups in total. The molecule has 0 radical (unpaired) electrons. The van der Waals surface area contributed by atoms with E-state index in [1.165, 1.54) is 4.68 Å². The maximum absolute atomic E-state index is 13.6. The predicted molar refractivity (Wildman–Crippen MR) is 113 cm³/mol. The molecule has 0 fully saturated rings. The molecule has 0 aliphatic heterocycles. The molecule has 1 heterocycles. The Kier molecular flexibility index (Phi) is 5.71.